The van der Waals surface area contributed by atoms with E-state index in [1.165, 1.54) is 25.9 Å². The van der Waals surface area contributed by atoms with Crippen molar-refractivity contribution < 1.29 is 4.79 Å². The molecule has 5 heteroatoms. The number of benzene rings is 1. The van der Waals surface area contributed by atoms with Crippen LogP contribution in [-0.4, -0.2) is 42.2 Å². The van der Waals surface area contributed by atoms with Crippen LogP contribution in [0.2, 0.25) is 5.02 Å². The maximum absolute atomic E-state index is 12.3. The Bertz CT molecular complexity index is 460. The van der Waals surface area contributed by atoms with Crippen molar-refractivity contribution >= 4 is 29.3 Å². The lowest BCUT2D eigenvalue weighted by atomic mass is 10.3. The summed E-state index contributed by atoms with van der Waals surface area (Å²) in [4.78, 5) is 15.8. The highest BCUT2D eigenvalue weighted by molar-refractivity contribution is 8.00. The highest BCUT2D eigenvalue weighted by atomic mass is 35.5. The van der Waals surface area contributed by atoms with Crippen molar-refractivity contribution in [3.8, 4) is 0 Å². The molecule has 2 rings (SSSR count). The maximum Gasteiger partial charge on any atom is 0.233 e. The summed E-state index contributed by atoms with van der Waals surface area (Å²) in [6.07, 6.45) is 4.50. The minimum absolute atomic E-state index is 0.0343. The van der Waals surface area contributed by atoms with E-state index in [0.717, 1.165) is 35.8 Å². The van der Waals surface area contributed by atoms with E-state index in [4.69, 9.17) is 11.6 Å². The quantitative estimate of drug-likeness (QED) is 0.577. The van der Waals surface area contributed by atoms with E-state index in [-0.39, 0.29) is 11.2 Å². The molecule has 1 fully saturated rings. The molecule has 1 aromatic rings. The molecular formula is C17H25ClN2OS. The van der Waals surface area contributed by atoms with E-state index < -0.39 is 0 Å². The number of carbonyl (C=O) groups excluding carboxylic acids is 1. The molecule has 122 valence electrons. The zero-order valence-electron chi connectivity index (χ0n) is 13.2. The molecule has 1 N–H and O–H groups in total. The molecule has 3 nitrogen and oxygen atoms in total. The van der Waals surface area contributed by atoms with E-state index in [1.807, 2.05) is 24.3 Å². The lowest BCUT2D eigenvalue weighted by Gasteiger charge is -2.17. The third-order valence-corrected chi connectivity index (χ3v) is 5.53. The average molecular weight is 341 g/mol. The summed E-state index contributed by atoms with van der Waals surface area (Å²) in [5.41, 5.74) is 0. The van der Waals surface area contributed by atoms with Gasteiger partial charge in [-0.05, 0) is 69.6 Å². The smallest absolute Gasteiger partial charge is 0.233 e. The summed E-state index contributed by atoms with van der Waals surface area (Å²) in [5.74, 6) is 0.142. The van der Waals surface area contributed by atoms with Gasteiger partial charge >= 0.3 is 0 Å². The molecule has 0 radical (unpaired) electrons. The Balaban J connectivity index is 1.70. The van der Waals surface area contributed by atoms with Crippen LogP contribution in [0.5, 0.6) is 0 Å². The summed E-state index contributed by atoms with van der Waals surface area (Å²) in [6, 6.07) is 7.67. The molecule has 1 saturated heterocycles. The zero-order valence-corrected chi connectivity index (χ0v) is 14.8. The molecule has 0 saturated carbocycles. The van der Waals surface area contributed by atoms with Gasteiger partial charge in [0.05, 0.1) is 5.25 Å². The number of hydrogen-bond acceptors (Lipinski definition) is 3. The second kappa shape index (κ2) is 9.43. The van der Waals surface area contributed by atoms with Crippen LogP contribution in [0, 0.1) is 0 Å². The molecule has 0 unspecified atom stereocenters. The van der Waals surface area contributed by atoms with Crippen LogP contribution in [0.25, 0.3) is 0 Å². The number of likely N-dealkylation sites (tertiary alicyclic amines) is 1. The normalized spacial score (nSPS) is 16.6. The van der Waals surface area contributed by atoms with Crippen LogP contribution in [-0.2, 0) is 4.79 Å². The molecule has 1 aromatic carbocycles. The van der Waals surface area contributed by atoms with Gasteiger partial charge < -0.3 is 10.2 Å². The van der Waals surface area contributed by atoms with Gasteiger partial charge in [-0.3, -0.25) is 4.79 Å². The largest absolute Gasteiger partial charge is 0.355 e. The van der Waals surface area contributed by atoms with Crippen LogP contribution in [0.15, 0.2) is 29.2 Å². The van der Waals surface area contributed by atoms with Gasteiger partial charge in [0.15, 0.2) is 0 Å². The first-order chi connectivity index (χ1) is 10.7. The second-order valence-electron chi connectivity index (χ2n) is 5.66. The molecule has 1 aliphatic rings. The molecule has 0 bridgehead atoms. The first-order valence-electron chi connectivity index (χ1n) is 8.11. The Hall–Kier alpha value is -0.710. The van der Waals surface area contributed by atoms with Crippen molar-refractivity contribution in [1.29, 1.82) is 0 Å². The fourth-order valence-electron chi connectivity index (χ4n) is 2.63. The fourth-order valence-corrected chi connectivity index (χ4v) is 3.74. The molecule has 1 heterocycles. The minimum Gasteiger partial charge on any atom is -0.355 e. The number of hydrogen-bond donors (Lipinski definition) is 1. The fraction of sp³-hybridized carbons (Fsp3) is 0.588. The number of nitrogens with zero attached hydrogens (tertiary/aromatic N) is 1. The number of amides is 1. The van der Waals surface area contributed by atoms with Crippen molar-refractivity contribution in [1.82, 2.24) is 10.2 Å². The number of halogens is 1. The highest BCUT2D eigenvalue weighted by Crippen LogP contribution is 2.26. The van der Waals surface area contributed by atoms with Gasteiger partial charge in [-0.2, -0.15) is 0 Å². The van der Waals surface area contributed by atoms with Crippen molar-refractivity contribution in [2.24, 2.45) is 0 Å². The van der Waals surface area contributed by atoms with Gasteiger partial charge in [-0.15, -0.1) is 11.8 Å². The summed E-state index contributed by atoms with van der Waals surface area (Å²) >= 11 is 7.50. The van der Waals surface area contributed by atoms with Gasteiger partial charge in [0.1, 0.15) is 0 Å². The van der Waals surface area contributed by atoms with Crippen molar-refractivity contribution in [3.05, 3.63) is 29.3 Å². The summed E-state index contributed by atoms with van der Waals surface area (Å²) < 4.78 is 0. The Morgan fingerprint density at radius 3 is 2.64 bits per heavy atom. The van der Waals surface area contributed by atoms with Gasteiger partial charge in [0.2, 0.25) is 5.91 Å². The Labute approximate surface area is 142 Å². The highest BCUT2D eigenvalue weighted by Gasteiger charge is 2.17. The van der Waals surface area contributed by atoms with Crippen LogP contribution in [0.1, 0.15) is 32.6 Å². The topological polar surface area (TPSA) is 32.3 Å². The molecule has 0 spiro atoms. The third-order valence-electron chi connectivity index (χ3n) is 3.90. The molecule has 0 aliphatic carbocycles. The predicted octanol–water partition coefficient (Wildman–Crippen LogP) is 3.81. The van der Waals surface area contributed by atoms with E-state index in [9.17, 15) is 4.79 Å². The molecular weight excluding hydrogens is 316 g/mol. The summed E-state index contributed by atoms with van der Waals surface area (Å²) in [5, 5.41) is 3.77. The van der Waals surface area contributed by atoms with Gasteiger partial charge in [0.25, 0.3) is 0 Å². The Morgan fingerprint density at radius 2 is 2.00 bits per heavy atom. The molecule has 1 atom stereocenters. The summed E-state index contributed by atoms with van der Waals surface area (Å²) in [6.45, 7) is 6.36. The van der Waals surface area contributed by atoms with Crippen molar-refractivity contribution in [3.63, 3.8) is 0 Å². The predicted molar refractivity (Wildman–Crippen MR) is 94.7 cm³/mol. The monoisotopic (exact) mass is 340 g/mol. The van der Waals surface area contributed by atoms with E-state index in [0.29, 0.717) is 0 Å². The number of rotatable bonds is 8. The van der Waals surface area contributed by atoms with Gasteiger partial charge in [-0.25, -0.2) is 0 Å². The number of thioether (sulfide) groups is 1. The number of carbonyl (C=O) groups is 1. The molecule has 22 heavy (non-hydrogen) atoms. The first-order valence-corrected chi connectivity index (χ1v) is 9.37. The van der Waals surface area contributed by atoms with Crippen LogP contribution in [0.4, 0.5) is 0 Å². The Morgan fingerprint density at radius 1 is 1.32 bits per heavy atom. The van der Waals surface area contributed by atoms with Crippen LogP contribution in [0.3, 0.4) is 0 Å². The lowest BCUT2D eigenvalue weighted by molar-refractivity contribution is -0.120. The van der Waals surface area contributed by atoms with Crippen LogP contribution >= 0.6 is 23.4 Å². The third kappa shape index (κ3) is 5.82. The average Bonchev–Trinajstić information content (AvgIpc) is 3.04. The van der Waals surface area contributed by atoms with Crippen molar-refractivity contribution in [2.45, 2.75) is 42.8 Å². The SMILES string of the molecule is CC[C@H](Sc1ccc(Cl)cc1)C(=O)NCCCN1CCCC1. The van der Waals surface area contributed by atoms with Crippen molar-refractivity contribution in [2.75, 3.05) is 26.2 Å². The molecule has 1 amide bonds. The van der Waals surface area contributed by atoms with E-state index in [1.54, 1.807) is 11.8 Å². The Kier molecular flexibility index (Phi) is 7.56. The maximum atomic E-state index is 12.3. The van der Waals surface area contributed by atoms with Gasteiger partial charge in [0, 0.05) is 16.5 Å². The van der Waals surface area contributed by atoms with E-state index >= 15 is 0 Å². The molecule has 0 aromatic heterocycles. The molecule has 1 aliphatic heterocycles. The summed E-state index contributed by atoms with van der Waals surface area (Å²) in [7, 11) is 0. The zero-order chi connectivity index (χ0) is 15.8. The minimum atomic E-state index is -0.0343. The number of nitrogens with one attached hydrogen (secondary N) is 1. The van der Waals surface area contributed by atoms with Crippen LogP contribution < -0.4 is 5.32 Å². The standard InChI is InChI=1S/C17H25ClN2OS/c1-2-16(22-15-8-6-14(18)7-9-15)17(21)19-10-5-13-20-11-3-4-12-20/h6-9,16H,2-5,10-13H2,1H3,(H,19,21)/t16-/m0/s1. The van der Waals surface area contributed by atoms with Gasteiger partial charge in [-0.1, -0.05) is 18.5 Å². The van der Waals surface area contributed by atoms with E-state index in [2.05, 4.69) is 17.1 Å². The second-order valence-corrected chi connectivity index (χ2v) is 7.37. The first kappa shape index (κ1) is 17.6. The lowest BCUT2D eigenvalue weighted by Crippen LogP contribution is -2.34.